The Labute approximate surface area is 117 Å². The number of benzene rings is 1. The molecule has 1 aromatic carbocycles. The monoisotopic (exact) mass is 269 g/mol. The van der Waals surface area contributed by atoms with Crippen molar-refractivity contribution in [3.8, 4) is 0 Å². The van der Waals surface area contributed by atoms with Gasteiger partial charge in [-0.3, -0.25) is 14.6 Å². The molecule has 1 N–H and O–H groups in total. The number of nitrogens with zero attached hydrogens (tertiary/aromatic N) is 1. The summed E-state index contributed by atoms with van der Waals surface area (Å²) in [6.07, 6.45) is 2.84. The van der Waals surface area contributed by atoms with Crippen LogP contribution in [0, 0.1) is 6.92 Å². The zero-order chi connectivity index (χ0) is 14.5. The van der Waals surface area contributed by atoms with Crippen molar-refractivity contribution in [1.82, 2.24) is 4.98 Å². The van der Waals surface area contributed by atoms with Gasteiger partial charge in [-0.25, -0.2) is 0 Å². The summed E-state index contributed by atoms with van der Waals surface area (Å²) >= 11 is 0. The summed E-state index contributed by atoms with van der Waals surface area (Å²) in [5.74, 6) is -1.85. The number of aliphatic carboxylic acids is 1. The van der Waals surface area contributed by atoms with E-state index in [2.05, 4.69) is 4.98 Å². The van der Waals surface area contributed by atoms with E-state index in [-0.39, 0.29) is 12.2 Å². The van der Waals surface area contributed by atoms with Crippen LogP contribution in [0.15, 0.2) is 48.8 Å². The van der Waals surface area contributed by atoms with Crippen LogP contribution < -0.4 is 0 Å². The van der Waals surface area contributed by atoms with Crippen molar-refractivity contribution in [2.45, 2.75) is 19.3 Å². The highest BCUT2D eigenvalue weighted by molar-refractivity contribution is 6.02. The van der Waals surface area contributed by atoms with Crippen molar-refractivity contribution in [1.29, 1.82) is 0 Å². The summed E-state index contributed by atoms with van der Waals surface area (Å²) in [5.41, 5.74) is 2.21. The van der Waals surface area contributed by atoms with Crippen LogP contribution in [-0.2, 0) is 4.79 Å². The maximum absolute atomic E-state index is 12.5. The predicted octanol–water partition coefficient (Wildman–Crippen LogP) is 2.83. The molecule has 1 unspecified atom stereocenters. The van der Waals surface area contributed by atoms with Gasteiger partial charge >= 0.3 is 5.97 Å². The zero-order valence-corrected chi connectivity index (χ0v) is 11.1. The average molecular weight is 269 g/mol. The van der Waals surface area contributed by atoms with E-state index in [1.807, 2.05) is 25.1 Å². The summed E-state index contributed by atoms with van der Waals surface area (Å²) in [7, 11) is 0. The Balaban J connectivity index is 2.38. The van der Waals surface area contributed by atoms with Crippen molar-refractivity contribution in [3.05, 3.63) is 65.5 Å². The zero-order valence-electron chi connectivity index (χ0n) is 11.1. The summed E-state index contributed by atoms with van der Waals surface area (Å²) < 4.78 is 0. The fourth-order valence-corrected chi connectivity index (χ4v) is 2.14. The molecule has 0 aliphatic heterocycles. The lowest BCUT2D eigenvalue weighted by atomic mass is 9.87. The second-order valence-electron chi connectivity index (χ2n) is 4.66. The maximum Gasteiger partial charge on any atom is 0.304 e. The third-order valence-electron chi connectivity index (χ3n) is 3.10. The largest absolute Gasteiger partial charge is 0.481 e. The first-order valence-corrected chi connectivity index (χ1v) is 6.30. The molecule has 4 heteroatoms. The lowest BCUT2D eigenvalue weighted by Crippen LogP contribution is -2.17. The third-order valence-corrected chi connectivity index (χ3v) is 3.10. The Kier molecular flexibility index (Phi) is 4.25. The topological polar surface area (TPSA) is 67.3 Å². The number of aryl methyl sites for hydroxylation is 1. The van der Waals surface area contributed by atoms with Crippen LogP contribution in [0.25, 0.3) is 0 Å². The standard InChI is InChI=1S/C16H15NO3/c1-11-3-2-4-13(9-11)14(10-15(18)19)16(20)12-5-7-17-8-6-12/h2-9,14H,10H2,1H3,(H,18,19). The van der Waals surface area contributed by atoms with E-state index in [9.17, 15) is 9.59 Å². The second kappa shape index (κ2) is 6.10. The molecule has 0 spiro atoms. The Morgan fingerprint density at radius 3 is 2.50 bits per heavy atom. The number of rotatable bonds is 5. The van der Waals surface area contributed by atoms with Gasteiger partial charge in [0, 0.05) is 18.0 Å². The van der Waals surface area contributed by atoms with Crippen LogP contribution in [0.3, 0.4) is 0 Å². The molecule has 20 heavy (non-hydrogen) atoms. The normalized spacial score (nSPS) is 11.8. The molecule has 0 saturated carbocycles. The molecule has 0 fully saturated rings. The smallest absolute Gasteiger partial charge is 0.304 e. The number of carbonyl (C=O) groups excluding carboxylic acids is 1. The first-order chi connectivity index (χ1) is 9.58. The molecular formula is C16H15NO3. The summed E-state index contributed by atoms with van der Waals surface area (Å²) in [6.45, 7) is 1.91. The summed E-state index contributed by atoms with van der Waals surface area (Å²) in [6, 6.07) is 10.6. The van der Waals surface area contributed by atoms with E-state index in [0.717, 1.165) is 11.1 Å². The minimum absolute atomic E-state index is 0.194. The van der Waals surface area contributed by atoms with Crippen molar-refractivity contribution >= 4 is 11.8 Å². The summed E-state index contributed by atoms with van der Waals surface area (Å²) in [4.78, 5) is 27.4. The molecule has 1 atom stereocenters. The third kappa shape index (κ3) is 3.29. The molecule has 4 nitrogen and oxygen atoms in total. The van der Waals surface area contributed by atoms with E-state index in [4.69, 9.17) is 5.11 Å². The van der Waals surface area contributed by atoms with Crippen molar-refractivity contribution in [3.63, 3.8) is 0 Å². The van der Waals surface area contributed by atoms with Gasteiger partial charge in [-0.2, -0.15) is 0 Å². The van der Waals surface area contributed by atoms with E-state index < -0.39 is 11.9 Å². The first kappa shape index (κ1) is 13.9. The van der Waals surface area contributed by atoms with E-state index in [0.29, 0.717) is 5.56 Å². The minimum Gasteiger partial charge on any atom is -0.481 e. The van der Waals surface area contributed by atoms with Gasteiger partial charge in [-0.05, 0) is 24.6 Å². The Morgan fingerprint density at radius 1 is 1.20 bits per heavy atom. The predicted molar refractivity (Wildman–Crippen MR) is 74.7 cm³/mol. The number of carboxylic acid groups (broad SMARTS) is 1. The van der Waals surface area contributed by atoms with Crippen LogP contribution in [0.5, 0.6) is 0 Å². The molecule has 0 bridgehead atoms. The van der Waals surface area contributed by atoms with Gasteiger partial charge < -0.3 is 5.11 Å². The lowest BCUT2D eigenvalue weighted by molar-refractivity contribution is -0.137. The average Bonchev–Trinajstić information content (AvgIpc) is 2.45. The molecule has 102 valence electrons. The van der Waals surface area contributed by atoms with Gasteiger partial charge in [0.15, 0.2) is 5.78 Å². The molecule has 0 radical (unpaired) electrons. The number of hydrogen-bond acceptors (Lipinski definition) is 3. The van der Waals surface area contributed by atoms with Gasteiger partial charge in [0.1, 0.15) is 0 Å². The fourth-order valence-electron chi connectivity index (χ4n) is 2.14. The highest BCUT2D eigenvalue weighted by Crippen LogP contribution is 2.25. The van der Waals surface area contributed by atoms with Gasteiger partial charge in [0.25, 0.3) is 0 Å². The highest BCUT2D eigenvalue weighted by atomic mass is 16.4. The Morgan fingerprint density at radius 2 is 1.90 bits per heavy atom. The van der Waals surface area contributed by atoms with Crippen LogP contribution in [0.1, 0.15) is 33.8 Å². The van der Waals surface area contributed by atoms with Crippen LogP contribution >= 0.6 is 0 Å². The van der Waals surface area contributed by atoms with Gasteiger partial charge in [-0.1, -0.05) is 29.8 Å². The van der Waals surface area contributed by atoms with Gasteiger partial charge in [0.05, 0.1) is 12.3 Å². The number of pyridine rings is 1. The van der Waals surface area contributed by atoms with Crippen molar-refractivity contribution < 1.29 is 14.7 Å². The molecule has 0 aliphatic carbocycles. The molecule has 2 aromatic rings. The highest BCUT2D eigenvalue weighted by Gasteiger charge is 2.24. The number of Topliss-reactive ketones (excluding diaryl/α,β-unsaturated/α-hetero) is 1. The molecular weight excluding hydrogens is 254 g/mol. The summed E-state index contributed by atoms with van der Waals surface area (Å²) in [5, 5.41) is 9.05. The minimum atomic E-state index is -0.987. The maximum atomic E-state index is 12.5. The first-order valence-electron chi connectivity index (χ1n) is 6.30. The van der Waals surface area contributed by atoms with Crippen LogP contribution in [0.2, 0.25) is 0 Å². The molecule has 1 heterocycles. The van der Waals surface area contributed by atoms with Gasteiger partial charge in [0.2, 0.25) is 0 Å². The molecule has 1 aromatic heterocycles. The molecule has 0 aliphatic rings. The fraction of sp³-hybridized carbons (Fsp3) is 0.188. The molecule has 0 amide bonds. The van der Waals surface area contributed by atoms with Crippen LogP contribution in [-0.4, -0.2) is 21.8 Å². The van der Waals surface area contributed by atoms with Gasteiger partial charge in [-0.15, -0.1) is 0 Å². The Hall–Kier alpha value is -2.49. The lowest BCUT2D eigenvalue weighted by Gasteiger charge is -2.15. The number of aromatic nitrogens is 1. The van der Waals surface area contributed by atoms with E-state index >= 15 is 0 Å². The number of hydrogen-bond donors (Lipinski definition) is 1. The SMILES string of the molecule is Cc1cccc(C(CC(=O)O)C(=O)c2ccncc2)c1. The second-order valence-corrected chi connectivity index (χ2v) is 4.66. The number of carboxylic acids is 1. The molecule has 0 saturated heterocycles. The number of carbonyl (C=O) groups is 2. The van der Waals surface area contributed by atoms with Crippen molar-refractivity contribution in [2.24, 2.45) is 0 Å². The quantitative estimate of drug-likeness (QED) is 0.847. The van der Waals surface area contributed by atoms with Crippen LogP contribution in [0.4, 0.5) is 0 Å². The molecule has 2 rings (SSSR count). The number of ketones is 1. The van der Waals surface area contributed by atoms with Crippen molar-refractivity contribution in [2.75, 3.05) is 0 Å². The Bertz CT molecular complexity index is 623. The van der Waals surface area contributed by atoms with E-state index in [1.165, 1.54) is 12.4 Å². The van der Waals surface area contributed by atoms with E-state index in [1.54, 1.807) is 18.2 Å².